The first-order valence-corrected chi connectivity index (χ1v) is 9.58. The fourth-order valence-corrected chi connectivity index (χ4v) is 2.97. The van der Waals surface area contributed by atoms with Crippen LogP contribution in [0.5, 0.6) is 0 Å². The zero-order valence-electron chi connectivity index (χ0n) is 13.6. The molecule has 0 spiro atoms. The van der Waals surface area contributed by atoms with Crippen molar-refractivity contribution in [1.82, 2.24) is 9.62 Å². The molecule has 0 saturated carbocycles. The smallest absolute Gasteiger partial charge is 0.235 e. The molecule has 0 atom stereocenters. The first-order valence-electron chi connectivity index (χ1n) is 7.73. The molecule has 0 radical (unpaired) electrons. The number of carbonyl (C=O) groups excluding carboxylic acids is 1. The van der Waals surface area contributed by atoms with Crippen LogP contribution in [0, 0.1) is 0 Å². The van der Waals surface area contributed by atoms with Crippen LogP contribution in [0.25, 0.3) is 0 Å². The van der Waals surface area contributed by atoms with Crippen LogP contribution in [0.3, 0.4) is 0 Å². The summed E-state index contributed by atoms with van der Waals surface area (Å²) in [5.74, 6) is 0.557. The van der Waals surface area contributed by atoms with Gasteiger partial charge in [0.05, 0.1) is 19.1 Å². The Labute approximate surface area is 142 Å². The lowest BCUT2D eigenvalue weighted by atomic mass is 10.2. The Bertz CT molecular complexity index is 727. The summed E-state index contributed by atoms with van der Waals surface area (Å²) < 4.78 is 30.2. The number of furan rings is 1. The Balaban J connectivity index is 1.81. The van der Waals surface area contributed by atoms with Crippen LogP contribution in [0.15, 0.2) is 53.1 Å². The molecule has 0 aliphatic rings. The average molecular weight is 350 g/mol. The van der Waals surface area contributed by atoms with E-state index in [-0.39, 0.29) is 19.0 Å². The van der Waals surface area contributed by atoms with Gasteiger partial charge in [0, 0.05) is 19.5 Å². The third kappa shape index (κ3) is 6.17. The van der Waals surface area contributed by atoms with E-state index in [4.69, 9.17) is 4.42 Å². The molecule has 130 valence electrons. The molecule has 0 aliphatic carbocycles. The van der Waals surface area contributed by atoms with Gasteiger partial charge < -0.3 is 9.73 Å². The minimum absolute atomic E-state index is 0.180. The summed E-state index contributed by atoms with van der Waals surface area (Å²) in [7, 11) is -3.47. The van der Waals surface area contributed by atoms with E-state index < -0.39 is 10.0 Å². The normalized spacial score (nSPS) is 11.6. The zero-order valence-corrected chi connectivity index (χ0v) is 14.5. The highest BCUT2D eigenvalue weighted by molar-refractivity contribution is 7.88. The fraction of sp³-hybridized carbons (Fsp3) is 0.353. The number of hydrogen-bond acceptors (Lipinski definition) is 4. The van der Waals surface area contributed by atoms with E-state index in [0.717, 1.165) is 30.4 Å². The molecule has 2 aromatic rings. The van der Waals surface area contributed by atoms with E-state index in [2.05, 4.69) is 5.32 Å². The van der Waals surface area contributed by atoms with Gasteiger partial charge in [-0.15, -0.1) is 0 Å². The van der Waals surface area contributed by atoms with Crippen LogP contribution in [-0.2, 0) is 27.8 Å². The molecule has 1 N–H and O–H groups in total. The number of nitrogens with zero attached hydrogens (tertiary/aromatic N) is 1. The van der Waals surface area contributed by atoms with Crippen LogP contribution >= 0.6 is 0 Å². The number of rotatable bonds is 9. The van der Waals surface area contributed by atoms with Crippen molar-refractivity contribution in [2.45, 2.75) is 19.4 Å². The third-order valence-electron chi connectivity index (χ3n) is 3.49. The Hall–Kier alpha value is -2.12. The van der Waals surface area contributed by atoms with E-state index in [1.807, 2.05) is 42.5 Å². The molecule has 0 unspecified atom stereocenters. The molecule has 24 heavy (non-hydrogen) atoms. The molecule has 2 rings (SSSR count). The van der Waals surface area contributed by atoms with Gasteiger partial charge in [-0.2, -0.15) is 4.31 Å². The maximum Gasteiger partial charge on any atom is 0.235 e. The first-order chi connectivity index (χ1) is 11.4. The van der Waals surface area contributed by atoms with E-state index in [0.29, 0.717) is 6.54 Å². The molecule has 1 aromatic carbocycles. The van der Waals surface area contributed by atoms with Crippen molar-refractivity contribution < 1.29 is 17.6 Å². The van der Waals surface area contributed by atoms with Gasteiger partial charge in [-0.25, -0.2) is 8.42 Å². The van der Waals surface area contributed by atoms with Crippen molar-refractivity contribution in [3.63, 3.8) is 0 Å². The third-order valence-corrected chi connectivity index (χ3v) is 4.69. The van der Waals surface area contributed by atoms with E-state index in [1.54, 1.807) is 6.26 Å². The van der Waals surface area contributed by atoms with Gasteiger partial charge in [0.2, 0.25) is 15.9 Å². The second kappa shape index (κ2) is 8.65. The van der Waals surface area contributed by atoms with E-state index in [1.165, 1.54) is 4.31 Å². The summed E-state index contributed by atoms with van der Waals surface area (Å²) in [5.41, 5.74) is 0.841. The molecule has 7 heteroatoms. The lowest BCUT2D eigenvalue weighted by Gasteiger charge is -2.19. The number of benzene rings is 1. The largest absolute Gasteiger partial charge is 0.469 e. The van der Waals surface area contributed by atoms with Crippen molar-refractivity contribution in [1.29, 1.82) is 0 Å². The molecular weight excluding hydrogens is 328 g/mol. The van der Waals surface area contributed by atoms with Crippen molar-refractivity contribution in [3.8, 4) is 0 Å². The quantitative estimate of drug-likeness (QED) is 0.699. The second-order valence-electron chi connectivity index (χ2n) is 5.55. The van der Waals surface area contributed by atoms with Crippen LogP contribution in [0.2, 0.25) is 0 Å². The number of sulfonamides is 1. The van der Waals surface area contributed by atoms with Crippen molar-refractivity contribution >= 4 is 15.9 Å². The average Bonchev–Trinajstić information content (AvgIpc) is 3.04. The van der Waals surface area contributed by atoms with Gasteiger partial charge in [-0.1, -0.05) is 30.3 Å². The molecule has 0 saturated heterocycles. The lowest BCUT2D eigenvalue weighted by molar-refractivity contribution is -0.121. The minimum Gasteiger partial charge on any atom is -0.469 e. The van der Waals surface area contributed by atoms with Gasteiger partial charge in [-0.3, -0.25) is 4.79 Å². The standard InChI is InChI=1S/C17H22N2O4S/c1-24(21,22)19(13-15-7-3-2-4-8-15)14-17(20)18-11-5-9-16-10-6-12-23-16/h2-4,6-8,10,12H,5,9,11,13-14H2,1H3,(H,18,20). The van der Waals surface area contributed by atoms with Gasteiger partial charge in [0.1, 0.15) is 5.76 Å². The maximum absolute atomic E-state index is 12.0. The molecule has 0 bridgehead atoms. The van der Waals surface area contributed by atoms with Gasteiger partial charge in [0.15, 0.2) is 0 Å². The van der Waals surface area contributed by atoms with Gasteiger partial charge in [-0.05, 0) is 24.1 Å². The van der Waals surface area contributed by atoms with Crippen LogP contribution < -0.4 is 5.32 Å². The van der Waals surface area contributed by atoms with Gasteiger partial charge >= 0.3 is 0 Å². The molecule has 1 amide bonds. The van der Waals surface area contributed by atoms with Crippen LogP contribution in [0.1, 0.15) is 17.7 Å². The molecule has 6 nitrogen and oxygen atoms in total. The summed E-state index contributed by atoms with van der Waals surface area (Å²) in [5, 5.41) is 2.75. The van der Waals surface area contributed by atoms with Crippen molar-refractivity contribution in [2.24, 2.45) is 0 Å². The minimum atomic E-state index is -3.47. The lowest BCUT2D eigenvalue weighted by Crippen LogP contribution is -2.40. The predicted octanol–water partition coefficient (Wildman–Crippen LogP) is 1.79. The molecular formula is C17H22N2O4S. The van der Waals surface area contributed by atoms with Crippen LogP contribution in [0.4, 0.5) is 0 Å². The number of nitrogens with one attached hydrogen (secondary N) is 1. The fourth-order valence-electron chi connectivity index (χ4n) is 2.24. The monoisotopic (exact) mass is 350 g/mol. The van der Waals surface area contributed by atoms with E-state index >= 15 is 0 Å². The predicted molar refractivity (Wildman–Crippen MR) is 91.7 cm³/mol. The topological polar surface area (TPSA) is 79.6 Å². The van der Waals surface area contributed by atoms with Crippen LogP contribution in [-0.4, -0.2) is 38.0 Å². The Morgan fingerprint density at radius 1 is 1.17 bits per heavy atom. The Morgan fingerprint density at radius 2 is 1.92 bits per heavy atom. The van der Waals surface area contributed by atoms with Gasteiger partial charge in [0.25, 0.3) is 0 Å². The maximum atomic E-state index is 12.0. The highest BCUT2D eigenvalue weighted by Crippen LogP contribution is 2.08. The summed E-state index contributed by atoms with van der Waals surface area (Å²) >= 11 is 0. The Kier molecular flexibility index (Phi) is 6.57. The summed E-state index contributed by atoms with van der Waals surface area (Å²) in [6.45, 7) is 0.469. The van der Waals surface area contributed by atoms with Crippen molar-refractivity contribution in [2.75, 3.05) is 19.3 Å². The SMILES string of the molecule is CS(=O)(=O)N(CC(=O)NCCCc1ccco1)Cc1ccccc1. The second-order valence-corrected chi connectivity index (χ2v) is 7.53. The number of aryl methyl sites for hydroxylation is 1. The number of carbonyl (C=O) groups is 1. The molecule has 0 fully saturated rings. The van der Waals surface area contributed by atoms with Crippen molar-refractivity contribution in [3.05, 3.63) is 60.1 Å². The molecule has 1 heterocycles. The first kappa shape index (κ1) is 18.2. The summed E-state index contributed by atoms with van der Waals surface area (Å²) in [6.07, 6.45) is 4.19. The highest BCUT2D eigenvalue weighted by atomic mass is 32.2. The molecule has 1 aromatic heterocycles. The number of amides is 1. The molecule has 0 aliphatic heterocycles. The van der Waals surface area contributed by atoms with E-state index in [9.17, 15) is 13.2 Å². The highest BCUT2D eigenvalue weighted by Gasteiger charge is 2.20. The summed E-state index contributed by atoms with van der Waals surface area (Å²) in [6, 6.07) is 12.9. The summed E-state index contributed by atoms with van der Waals surface area (Å²) in [4.78, 5) is 12.0. The Morgan fingerprint density at radius 3 is 2.54 bits per heavy atom. The zero-order chi connectivity index (χ0) is 17.4. The number of hydrogen-bond donors (Lipinski definition) is 1.